The summed E-state index contributed by atoms with van der Waals surface area (Å²) in [7, 11) is 0. The molecule has 0 aliphatic heterocycles. The Kier molecular flexibility index (Phi) is 2.52. The molecule has 1 aliphatic carbocycles. The lowest BCUT2D eigenvalue weighted by atomic mass is 9.97. The number of rotatable bonds is 1. The summed E-state index contributed by atoms with van der Waals surface area (Å²) in [5.41, 5.74) is 2.91. The molecule has 1 aromatic carbocycles. The molecule has 1 heterocycles. The van der Waals surface area contributed by atoms with Crippen molar-refractivity contribution in [3.8, 4) is 11.4 Å². The number of benzene rings is 1. The molecule has 3 rings (SSSR count). The van der Waals surface area contributed by atoms with Crippen molar-refractivity contribution in [2.24, 2.45) is 0 Å². The van der Waals surface area contributed by atoms with Crippen LogP contribution in [0, 0.1) is 5.21 Å². The molecule has 3 nitrogen and oxygen atoms in total. The molecule has 0 amide bonds. The molecule has 1 aliphatic rings. The third-order valence-electron chi connectivity index (χ3n) is 3.29. The average Bonchev–Trinajstić information content (AvgIpc) is 2.40. The highest BCUT2D eigenvalue weighted by Crippen LogP contribution is 2.20. The molecule has 0 atom stereocenters. The summed E-state index contributed by atoms with van der Waals surface area (Å²) in [6.07, 6.45) is 6.00. The number of hydrogen-bond acceptors (Lipinski definition) is 2. The fraction of sp³-hybridized carbons (Fsp3) is 0.286. The second kappa shape index (κ2) is 4.17. The van der Waals surface area contributed by atoms with Crippen LogP contribution in [0.5, 0.6) is 0 Å². The molecule has 0 bridgehead atoms. The lowest BCUT2D eigenvalue weighted by Crippen LogP contribution is -2.38. The first-order valence-electron chi connectivity index (χ1n) is 6.02. The average molecular weight is 226 g/mol. The quantitative estimate of drug-likeness (QED) is 0.552. The summed E-state index contributed by atoms with van der Waals surface area (Å²) in [6.45, 7) is 0. The minimum Gasteiger partial charge on any atom is -0.710 e. The molecule has 0 unspecified atom stereocenters. The van der Waals surface area contributed by atoms with E-state index in [1.807, 2.05) is 36.5 Å². The zero-order valence-corrected chi connectivity index (χ0v) is 9.60. The van der Waals surface area contributed by atoms with Gasteiger partial charge in [0.25, 0.3) is 0 Å². The van der Waals surface area contributed by atoms with Crippen molar-refractivity contribution in [2.75, 3.05) is 0 Å². The molecule has 1 aromatic heterocycles. The van der Waals surface area contributed by atoms with E-state index in [9.17, 15) is 5.21 Å². The topological polar surface area (TPSA) is 39.8 Å². The summed E-state index contributed by atoms with van der Waals surface area (Å²) in [4.78, 5) is 4.31. The maximum atomic E-state index is 12.3. The number of aromatic nitrogens is 2. The highest BCUT2D eigenvalue weighted by molar-refractivity contribution is 5.51. The van der Waals surface area contributed by atoms with E-state index in [-0.39, 0.29) is 0 Å². The Morgan fingerprint density at radius 3 is 2.65 bits per heavy atom. The van der Waals surface area contributed by atoms with E-state index in [0.717, 1.165) is 40.8 Å². The highest BCUT2D eigenvalue weighted by atomic mass is 16.5. The van der Waals surface area contributed by atoms with Gasteiger partial charge in [-0.15, -0.1) is 0 Å². The van der Waals surface area contributed by atoms with Gasteiger partial charge >= 0.3 is 5.82 Å². The van der Waals surface area contributed by atoms with Gasteiger partial charge in [-0.1, -0.05) is 18.2 Å². The van der Waals surface area contributed by atoms with Gasteiger partial charge in [0.1, 0.15) is 11.9 Å². The third-order valence-corrected chi connectivity index (χ3v) is 3.29. The standard InChI is InChI=1S/C14H14N2O/c17-16-13-9-5-4-8-12(13)10-15-14(16)11-6-2-1-3-7-11/h1-3,6-7,10H,4-5,8-9H2. The van der Waals surface area contributed by atoms with Crippen LogP contribution in [-0.2, 0) is 12.8 Å². The first kappa shape index (κ1) is 10.3. The fourth-order valence-electron chi connectivity index (χ4n) is 2.38. The normalized spacial score (nSPS) is 14.4. The molecule has 2 aromatic rings. The van der Waals surface area contributed by atoms with Gasteiger partial charge in [0.2, 0.25) is 0 Å². The predicted molar refractivity (Wildman–Crippen MR) is 65.3 cm³/mol. The van der Waals surface area contributed by atoms with E-state index in [2.05, 4.69) is 4.98 Å². The molecule has 0 N–H and O–H groups in total. The van der Waals surface area contributed by atoms with E-state index < -0.39 is 0 Å². The largest absolute Gasteiger partial charge is 0.710 e. The molecule has 0 radical (unpaired) electrons. The lowest BCUT2D eigenvalue weighted by molar-refractivity contribution is -0.606. The summed E-state index contributed by atoms with van der Waals surface area (Å²) in [6, 6.07) is 9.64. The number of fused-ring (bicyclic) bond motifs is 1. The van der Waals surface area contributed by atoms with Crippen molar-refractivity contribution in [1.82, 2.24) is 4.98 Å². The van der Waals surface area contributed by atoms with Crippen molar-refractivity contribution in [1.29, 1.82) is 0 Å². The van der Waals surface area contributed by atoms with Gasteiger partial charge in [-0.3, -0.25) is 0 Å². The van der Waals surface area contributed by atoms with E-state index in [1.54, 1.807) is 0 Å². The Bertz CT molecular complexity index is 537. The zero-order valence-electron chi connectivity index (χ0n) is 9.60. The smallest absolute Gasteiger partial charge is 0.333 e. The van der Waals surface area contributed by atoms with Crippen molar-refractivity contribution in [2.45, 2.75) is 25.7 Å². The first-order valence-corrected chi connectivity index (χ1v) is 6.02. The highest BCUT2D eigenvalue weighted by Gasteiger charge is 2.20. The van der Waals surface area contributed by atoms with E-state index >= 15 is 0 Å². The van der Waals surface area contributed by atoms with E-state index in [0.29, 0.717) is 5.82 Å². The molecule has 0 spiro atoms. The monoisotopic (exact) mass is 226 g/mol. The summed E-state index contributed by atoms with van der Waals surface area (Å²) >= 11 is 0. The van der Waals surface area contributed by atoms with Crippen molar-refractivity contribution in [3.05, 3.63) is 53.0 Å². The molecule has 3 heteroatoms. The minimum atomic E-state index is 0.520. The van der Waals surface area contributed by atoms with Crippen LogP contribution in [0.25, 0.3) is 11.4 Å². The van der Waals surface area contributed by atoms with E-state index in [1.165, 1.54) is 6.42 Å². The summed E-state index contributed by atoms with van der Waals surface area (Å²) < 4.78 is 1.02. The Hall–Kier alpha value is -1.90. The number of hydrogen-bond donors (Lipinski definition) is 0. The van der Waals surface area contributed by atoms with Crippen molar-refractivity contribution in [3.63, 3.8) is 0 Å². The van der Waals surface area contributed by atoms with Crippen LogP contribution >= 0.6 is 0 Å². The maximum Gasteiger partial charge on any atom is 0.333 e. The Morgan fingerprint density at radius 2 is 1.82 bits per heavy atom. The second-order valence-corrected chi connectivity index (χ2v) is 4.42. The van der Waals surface area contributed by atoms with E-state index in [4.69, 9.17) is 0 Å². The van der Waals surface area contributed by atoms with Gasteiger partial charge in [-0.05, 0) is 36.4 Å². The molecular formula is C14H14N2O. The van der Waals surface area contributed by atoms with Crippen LogP contribution in [-0.4, -0.2) is 4.98 Å². The molecular weight excluding hydrogens is 212 g/mol. The fourth-order valence-corrected chi connectivity index (χ4v) is 2.38. The Balaban J connectivity index is 2.13. The summed E-state index contributed by atoms with van der Waals surface area (Å²) in [5.74, 6) is 0.520. The summed E-state index contributed by atoms with van der Waals surface area (Å²) in [5, 5.41) is 12.3. The van der Waals surface area contributed by atoms with Gasteiger partial charge in [0.15, 0.2) is 0 Å². The van der Waals surface area contributed by atoms with Crippen LogP contribution in [0.15, 0.2) is 36.5 Å². The number of aryl methyl sites for hydroxylation is 1. The third kappa shape index (κ3) is 1.78. The van der Waals surface area contributed by atoms with Gasteiger partial charge in [-0.25, -0.2) is 4.73 Å². The van der Waals surface area contributed by atoms with Gasteiger partial charge in [0, 0.05) is 12.0 Å². The maximum absolute atomic E-state index is 12.3. The lowest BCUT2D eigenvalue weighted by Gasteiger charge is -2.18. The predicted octanol–water partition coefficient (Wildman–Crippen LogP) is 2.26. The second-order valence-electron chi connectivity index (χ2n) is 4.42. The first-order chi connectivity index (χ1) is 8.36. The van der Waals surface area contributed by atoms with Crippen LogP contribution in [0.3, 0.4) is 0 Å². The molecule has 17 heavy (non-hydrogen) atoms. The molecule has 86 valence electrons. The van der Waals surface area contributed by atoms with Crippen LogP contribution < -0.4 is 4.73 Å². The van der Waals surface area contributed by atoms with Crippen molar-refractivity contribution >= 4 is 0 Å². The SMILES string of the molecule is [O-][n+]1c(-c2ccccc2)ncc2c1CCCC2. The van der Waals surface area contributed by atoms with Gasteiger partial charge < -0.3 is 5.21 Å². The number of nitrogens with zero attached hydrogens (tertiary/aromatic N) is 2. The van der Waals surface area contributed by atoms with Crippen LogP contribution in [0.2, 0.25) is 0 Å². The Labute approximate surface area is 100 Å². The minimum absolute atomic E-state index is 0.520. The van der Waals surface area contributed by atoms with Crippen LogP contribution in [0.1, 0.15) is 24.1 Å². The molecule has 0 saturated carbocycles. The van der Waals surface area contributed by atoms with Gasteiger partial charge in [0.05, 0.1) is 5.56 Å². The molecule has 0 fully saturated rings. The van der Waals surface area contributed by atoms with Crippen molar-refractivity contribution < 1.29 is 4.73 Å². The Morgan fingerprint density at radius 1 is 1.06 bits per heavy atom. The molecule has 0 saturated heterocycles. The van der Waals surface area contributed by atoms with Crippen LogP contribution in [0.4, 0.5) is 0 Å². The van der Waals surface area contributed by atoms with Gasteiger partial charge in [-0.2, -0.15) is 0 Å². The zero-order chi connectivity index (χ0) is 11.7.